The van der Waals surface area contributed by atoms with Gasteiger partial charge in [-0.3, -0.25) is 0 Å². The summed E-state index contributed by atoms with van der Waals surface area (Å²) < 4.78 is 25.8. The molecule has 1 rings (SSSR count). The largest absolute Gasteiger partial charge is 0.222 e. The first-order valence-corrected chi connectivity index (χ1v) is 9.52. The summed E-state index contributed by atoms with van der Waals surface area (Å²) in [6.45, 7) is 3.79. The highest BCUT2D eigenvalue weighted by Gasteiger charge is 2.44. The van der Waals surface area contributed by atoms with Crippen molar-refractivity contribution in [1.82, 2.24) is 0 Å². The van der Waals surface area contributed by atoms with Gasteiger partial charge in [-0.1, -0.05) is 42.6 Å². The molecule has 0 unspecified atom stereocenters. The molecular weight excluding hydrogens is 406 g/mol. The molecule has 0 aliphatic carbocycles. The van der Waals surface area contributed by atoms with Gasteiger partial charge in [0, 0.05) is 8.95 Å². The second-order valence-corrected chi connectivity index (χ2v) is 8.68. The predicted octanol–water partition coefficient (Wildman–Crippen LogP) is 4.85. The van der Waals surface area contributed by atoms with Crippen molar-refractivity contribution in [2.24, 2.45) is 0 Å². The Morgan fingerprint density at radius 1 is 1.20 bits per heavy atom. The van der Waals surface area contributed by atoms with Gasteiger partial charge in [-0.25, -0.2) is 8.42 Å². The molecule has 0 atom stereocenters. The van der Waals surface area contributed by atoms with Crippen molar-refractivity contribution in [3.8, 4) is 6.07 Å². The van der Waals surface area contributed by atoms with Crippen LogP contribution in [0, 0.1) is 11.3 Å². The Balaban J connectivity index is 3.52. The van der Waals surface area contributed by atoms with Crippen molar-refractivity contribution in [1.29, 1.82) is 5.26 Å². The normalized spacial score (nSPS) is 12.2. The van der Waals surface area contributed by atoms with Gasteiger partial charge in [-0.05, 0) is 47.0 Å². The number of nitrogens with zero attached hydrogens (tertiary/aromatic N) is 1. The molecule has 0 N–H and O–H groups in total. The minimum atomic E-state index is -3.73. The van der Waals surface area contributed by atoms with E-state index in [9.17, 15) is 13.7 Å². The third kappa shape index (κ3) is 3.26. The molecule has 0 spiro atoms. The van der Waals surface area contributed by atoms with Crippen LogP contribution in [0.3, 0.4) is 0 Å². The summed E-state index contributed by atoms with van der Waals surface area (Å²) in [4.78, 5) is 0.176. The van der Waals surface area contributed by atoms with Crippen molar-refractivity contribution in [2.45, 2.75) is 49.2 Å². The molecule has 20 heavy (non-hydrogen) atoms. The lowest BCUT2D eigenvalue weighted by Crippen LogP contribution is -2.37. The van der Waals surface area contributed by atoms with Crippen LogP contribution in [0.5, 0.6) is 0 Å². The molecule has 1 aromatic carbocycles. The van der Waals surface area contributed by atoms with E-state index < -0.39 is 14.6 Å². The monoisotopic (exact) mass is 421 g/mol. The maximum Gasteiger partial charge on any atom is 0.198 e. The minimum Gasteiger partial charge on any atom is -0.222 e. The molecule has 0 fully saturated rings. The van der Waals surface area contributed by atoms with Crippen LogP contribution in [0.2, 0.25) is 0 Å². The summed E-state index contributed by atoms with van der Waals surface area (Å²) in [6.07, 6.45) is 1.99. The lowest BCUT2D eigenvalue weighted by Gasteiger charge is -2.26. The lowest BCUT2D eigenvalue weighted by molar-refractivity contribution is 0.508. The Morgan fingerprint density at radius 3 is 2.20 bits per heavy atom. The Morgan fingerprint density at radius 2 is 1.75 bits per heavy atom. The molecule has 6 heteroatoms. The molecule has 0 aliphatic heterocycles. The van der Waals surface area contributed by atoms with Crippen molar-refractivity contribution in [3.05, 3.63) is 27.1 Å². The summed E-state index contributed by atoms with van der Waals surface area (Å²) >= 11 is 6.57. The number of halogens is 2. The summed E-state index contributed by atoms with van der Waals surface area (Å²) in [5.74, 6) is 0. The Kier molecular flexibility index (Phi) is 6.24. The van der Waals surface area contributed by atoms with E-state index in [1.54, 1.807) is 18.2 Å². The van der Waals surface area contributed by atoms with Gasteiger partial charge >= 0.3 is 0 Å². The first-order chi connectivity index (χ1) is 9.34. The Labute approximate surface area is 137 Å². The maximum atomic E-state index is 13.0. The number of rotatable bonds is 6. The van der Waals surface area contributed by atoms with Crippen LogP contribution in [-0.2, 0) is 9.84 Å². The maximum absolute atomic E-state index is 13.0. The Bertz CT molecular complexity index is 615. The van der Waals surface area contributed by atoms with E-state index in [2.05, 4.69) is 37.9 Å². The highest BCUT2D eigenvalue weighted by molar-refractivity contribution is 9.11. The van der Waals surface area contributed by atoms with Gasteiger partial charge in [0.25, 0.3) is 0 Å². The van der Waals surface area contributed by atoms with E-state index in [-0.39, 0.29) is 4.90 Å². The second-order valence-electron chi connectivity index (χ2n) is 4.68. The van der Waals surface area contributed by atoms with Crippen LogP contribution in [0.4, 0.5) is 0 Å². The average Bonchev–Trinajstić information content (AvgIpc) is 2.40. The number of sulfone groups is 1. The smallest absolute Gasteiger partial charge is 0.198 e. The molecule has 0 amide bonds. The lowest BCUT2D eigenvalue weighted by atomic mass is 9.99. The third-order valence-electron chi connectivity index (χ3n) is 3.21. The van der Waals surface area contributed by atoms with E-state index in [4.69, 9.17) is 0 Å². The van der Waals surface area contributed by atoms with Crippen LogP contribution >= 0.6 is 31.9 Å². The van der Waals surface area contributed by atoms with Crippen molar-refractivity contribution in [3.63, 3.8) is 0 Å². The first kappa shape index (κ1) is 17.7. The van der Waals surface area contributed by atoms with E-state index in [0.717, 1.165) is 0 Å². The number of nitriles is 1. The van der Waals surface area contributed by atoms with Gasteiger partial charge in [0.1, 0.15) is 0 Å². The SMILES string of the molecule is CCCC(C#N)(CCC)S(=O)(=O)c1cc(Br)ccc1Br. The van der Waals surface area contributed by atoms with E-state index in [1.165, 1.54) is 0 Å². The van der Waals surface area contributed by atoms with Crippen LogP contribution in [0.1, 0.15) is 39.5 Å². The summed E-state index contributed by atoms with van der Waals surface area (Å²) in [6, 6.07) is 7.07. The minimum absolute atomic E-state index is 0.176. The number of hydrogen-bond acceptors (Lipinski definition) is 3. The first-order valence-electron chi connectivity index (χ1n) is 6.45. The van der Waals surface area contributed by atoms with Crippen molar-refractivity contribution in [2.75, 3.05) is 0 Å². The molecule has 3 nitrogen and oxygen atoms in total. The summed E-state index contributed by atoms with van der Waals surface area (Å²) in [5.41, 5.74) is 0. The summed E-state index contributed by atoms with van der Waals surface area (Å²) in [5, 5.41) is 9.54. The highest BCUT2D eigenvalue weighted by Crippen LogP contribution is 2.38. The van der Waals surface area contributed by atoms with Crippen LogP contribution in [0.15, 0.2) is 32.0 Å². The quantitative estimate of drug-likeness (QED) is 0.658. The van der Waals surface area contributed by atoms with Crippen LogP contribution < -0.4 is 0 Å². The molecule has 1 aromatic rings. The molecule has 0 aromatic heterocycles. The van der Waals surface area contributed by atoms with Gasteiger partial charge in [0.2, 0.25) is 0 Å². The van der Waals surface area contributed by atoms with E-state index in [0.29, 0.717) is 34.6 Å². The van der Waals surface area contributed by atoms with Crippen LogP contribution in [-0.4, -0.2) is 13.2 Å². The zero-order valence-electron chi connectivity index (χ0n) is 11.5. The average molecular weight is 423 g/mol. The van der Waals surface area contributed by atoms with Gasteiger partial charge in [0.05, 0.1) is 11.0 Å². The van der Waals surface area contributed by atoms with Gasteiger partial charge in [-0.2, -0.15) is 5.26 Å². The van der Waals surface area contributed by atoms with Crippen LogP contribution in [0.25, 0.3) is 0 Å². The van der Waals surface area contributed by atoms with Crippen molar-refractivity contribution >= 4 is 41.7 Å². The highest BCUT2D eigenvalue weighted by atomic mass is 79.9. The van der Waals surface area contributed by atoms with E-state index in [1.807, 2.05) is 13.8 Å². The predicted molar refractivity (Wildman–Crippen MR) is 87.2 cm³/mol. The number of benzene rings is 1. The number of hydrogen-bond donors (Lipinski definition) is 0. The third-order valence-corrected chi connectivity index (χ3v) is 7.10. The molecular formula is C14H17Br2NO2S. The molecule has 0 saturated carbocycles. The van der Waals surface area contributed by atoms with Crippen molar-refractivity contribution < 1.29 is 8.42 Å². The van der Waals surface area contributed by atoms with Gasteiger partial charge in [0.15, 0.2) is 14.6 Å². The fourth-order valence-electron chi connectivity index (χ4n) is 2.27. The van der Waals surface area contributed by atoms with Gasteiger partial charge < -0.3 is 0 Å². The van der Waals surface area contributed by atoms with E-state index >= 15 is 0 Å². The molecule has 110 valence electrons. The summed E-state index contributed by atoms with van der Waals surface area (Å²) in [7, 11) is -3.73. The molecule has 0 radical (unpaired) electrons. The zero-order valence-corrected chi connectivity index (χ0v) is 15.5. The molecule has 0 bridgehead atoms. The second kappa shape index (κ2) is 7.06. The fourth-order valence-corrected chi connectivity index (χ4v) is 5.76. The zero-order chi connectivity index (χ0) is 15.4. The Hall–Kier alpha value is -0.380. The van der Waals surface area contributed by atoms with Gasteiger partial charge in [-0.15, -0.1) is 0 Å². The molecule has 0 saturated heterocycles. The standard InChI is InChI=1S/C14H17Br2NO2S/c1-3-7-14(10-17,8-4-2)20(18,19)13-9-11(15)5-6-12(13)16/h5-6,9H,3-4,7-8H2,1-2H3. The molecule has 0 aliphatic rings. The molecule has 0 heterocycles. The fraction of sp³-hybridized carbons (Fsp3) is 0.500. The topological polar surface area (TPSA) is 57.9 Å².